The molecule has 0 rings (SSSR count). The molecule has 0 aliphatic carbocycles. The summed E-state index contributed by atoms with van der Waals surface area (Å²) in [6, 6.07) is -0.360. The summed E-state index contributed by atoms with van der Waals surface area (Å²) in [6.45, 7) is 9.66. The van der Waals surface area contributed by atoms with Gasteiger partial charge in [0, 0.05) is 6.04 Å². The Hall–Kier alpha value is -1.26. The van der Waals surface area contributed by atoms with Crippen molar-refractivity contribution in [2.45, 2.75) is 71.9 Å². The first-order valence-corrected chi connectivity index (χ1v) is 7.18. The van der Waals surface area contributed by atoms with Crippen molar-refractivity contribution in [3.05, 3.63) is 0 Å². The normalized spacial score (nSPS) is 13.2. The van der Waals surface area contributed by atoms with E-state index in [4.69, 9.17) is 0 Å². The lowest BCUT2D eigenvalue weighted by molar-refractivity contribution is -0.144. The third-order valence-electron chi connectivity index (χ3n) is 4.08. The van der Waals surface area contributed by atoms with E-state index in [2.05, 4.69) is 24.5 Å². The van der Waals surface area contributed by atoms with Gasteiger partial charge >= 0.3 is 12.0 Å². The lowest BCUT2D eigenvalue weighted by Crippen LogP contribution is -2.58. The molecule has 1 unspecified atom stereocenters. The molecule has 0 fully saturated rings. The molecule has 0 aliphatic heterocycles. The van der Waals surface area contributed by atoms with E-state index < -0.39 is 17.5 Å². The van der Waals surface area contributed by atoms with E-state index in [0.717, 1.165) is 12.8 Å². The minimum absolute atomic E-state index is 0.0372. The molecule has 0 aromatic carbocycles. The smallest absolute Gasteiger partial charge is 0.329 e. The molecule has 5 heteroatoms. The van der Waals surface area contributed by atoms with Gasteiger partial charge in [-0.15, -0.1) is 0 Å². The molecule has 2 amide bonds. The van der Waals surface area contributed by atoms with Gasteiger partial charge < -0.3 is 15.7 Å². The Morgan fingerprint density at radius 2 is 1.58 bits per heavy atom. The number of carbonyl (C=O) groups excluding carboxylic acids is 1. The molecule has 0 spiro atoms. The van der Waals surface area contributed by atoms with E-state index in [1.165, 1.54) is 0 Å². The van der Waals surface area contributed by atoms with Crippen LogP contribution in [0.15, 0.2) is 0 Å². The fourth-order valence-corrected chi connectivity index (χ4v) is 2.36. The highest BCUT2D eigenvalue weighted by Crippen LogP contribution is 2.16. The molecule has 0 aliphatic rings. The SMILES string of the molecule is CCC(CC)C(C)NC(=O)NC(CC)(CC)C(=O)O. The van der Waals surface area contributed by atoms with Crippen molar-refractivity contribution in [3.63, 3.8) is 0 Å². The predicted molar refractivity (Wildman–Crippen MR) is 76.2 cm³/mol. The van der Waals surface area contributed by atoms with Crippen molar-refractivity contribution in [1.29, 1.82) is 0 Å². The van der Waals surface area contributed by atoms with E-state index in [1.54, 1.807) is 13.8 Å². The molecule has 1 atom stereocenters. The van der Waals surface area contributed by atoms with Crippen molar-refractivity contribution in [1.82, 2.24) is 10.6 Å². The molecule has 112 valence electrons. The second kappa shape index (κ2) is 8.02. The lowest BCUT2D eigenvalue weighted by Gasteiger charge is -2.30. The van der Waals surface area contributed by atoms with Crippen LogP contribution in [-0.4, -0.2) is 28.7 Å². The number of carbonyl (C=O) groups is 2. The summed E-state index contributed by atoms with van der Waals surface area (Å²) in [7, 11) is 0. The molecule has 3 N–H and O–H groups in total. The van der Waals surface area contributed by atoms with Crippen LogP contribution in [0.25, 0.3) is 0 Å². The van der Waals surface area contributed by atoms with Crippen LogP contribution >= 0.6 is 0 Å². The summed E-state index contributed by atoms with van der Waals surface area (Å²) in [5.41, 5.74) is -1.17. The van der Waals surface area contributed by atoms with Crippen molar-refractivity contribution >= 4 is 12.0 Å². The average molecular weight is 272 g/mol. The van der Waals surface area contributed by atoms with E-state index >= 15 is 0 Å². The summed E-state index contributed by atoms with van der Waals surface area (Å²) >= 11 is 0. The van der Waals surface area contributed by atoms with Crippen LogP contribution in [-0.2, 0) is 4.79 Å². The van der Waals surface area contributed by atoms with Crippen LogP contribution in [0.3, 0.4) is 0 Å². The maximum Gasteiger partial charge on any atom is 0.329 e. The first-order valence-electron chi connectivity index (χ1n) is 7.18. The molecule has 0 saturated carbocycles. The van der Waals surface area contributed by atoms with Crippen molar-refractivity contribution in [2.24, 2.45) is 5.92 Å². The number of aliphatic carboxylic acids is 1. The molecular weight excluding hydrogens is 244 g/mol. The summed E-state index contributed by atoms with van der Waals surface area (Å²) in [5.74, 6) is -0.573. The largest absolute Gasteiger partial charge is 0.480 e. The fraction of sp³-hybridized carbons (Fsp3) is 0.857. The van der Waals surface area contributed by atoms with Gasteiger partial charge in [0.1, 0.15) is 5.54 Å². The summed E-state index contributed by atoms with van der Waals surface area (Å²) < 4.78 is 0. The Morgan fingerprint density at radius 1 is 1.11 bits per heavy atom. The number of hydrogen-bond acceptors (Lipinski definition) is 2. The number of carboxylic acid groups (broad SMARTS) is 1. The Kier molecular flexibility index (Phi) is 7.49. The Bertz CT molecular complexity index is 297. The molecule has 0 bridgehead atoms. The van der Waals surface area contributed by atoms with Crippen molar-refractivity contribution in [2.75, 3.05) is 0 Å². The lowest BCUT2D eigenvalue weighted by atomic mass is 9.93. The van der Waals surface area contributed by atoms with Crippen LogP contribution in [0.4, 0.5) is 4.79 Å². The van der Waals surface area contributed by atoms with Gasteiger partial charge in [-0.2, -0.15) is 0 Å². The predicted octanol–water partition coefficient (Wildman–Crippen LogP) is 2.75. The Labute approximate surface area is 116 Å². The van der Waals surface area contributed by atoms with Crippen LogP contribution in [0.1, 0.15) is 60.3 Å². The maximum absolute atomic E-state index is 11.9. The first-order chi connectivity index (χ1) is 8.86. The molecule has 5 nitrogen and oxygen atoms in total. The number of nitrogens with one attached hydrogen (secondary N) is 2. The van der Waals surface area contributed by atoms with E-state index in [-0.39, 0.29) is 6.04 Å². The number of hydrogen-bond donors (Lipinski definition) is 3. The van der Waals surface area contributed by atoms with Gasteiger partial charge in [-0.3, -0.25) is 0 Å². The number of rotatable bonds is 8. The van der Waals surface area contributed by atoms with E-state index in [9.17, 15) is 14.7 Å². The Morgan fingerprint density at radius 3 is 1.89 bits per heavy atom. The number of amides is 2. The van der Waals surface area contributed by atoms with Crippen molar-refractivity contribution < 1.29 is 14.7 Å². The van der Waals surface area contributed by atoms with Crippen LogP contribution in [0.2, 0.25) is 0 Å². The maximum atomic E-state index is 11.9. The highest BCUT2D eigenvalue weighted by molar-refractivity contribution is 5.86. The number of urea groups is 1. The van der Waals surface area contributed by atoms with Gasteiger partial charge in [0.15, 0.2) is 0 Å². The average Bonchev–Trinajstić information content (AvgIpc) is 2.37. The summed E-state index contributed by atoms with van der Waals surface area (Å²) in [4.78, 5) is 23.3. The minimum Gasteiger partial charge on any atom is -0.480 e. The molecule has 0 aromatic rings. The topological polar surface area (TPSA) is 78.4 Å². The standard InChI is InChI=1S/C14H28N2O3/c1-6-11(7-2)10(5)15-13(19)16-14(8-3,9-4)12(17)18/h10-11H,6-9H2,1-5H3,(H,17,18)(H2,15,16,19). The van der Waals surface area contributed by atoms with Crippen LogP contribution in [0.5, 0.6) is 0 Å². The van der Waals surface area contributed by atoms with Gasteiger partial charge in [0.25, 0.3) is 0 Å². The zero-order valence-corrected chi connectivity index (χ0v) is 12.7. The molecular formula is C14H28N2O3. The highest BCUT2D eigenvalue weighted by Gasteiger charge is 2.36. The quantitative estimate of drug-likeness (QED) is 0.635. The summed E-state index contributed by atoms with van der Waals surface area (Å²) in [5, 5.41) is 14.7. The molecule has 0 saturated heterocycles. The second-order valence-electron chi connectivity index (χ2n) is 5.06. The Balaban J connectivity index is 4.63. The van der Waals surface area contributed by atoms with E-state index in [0.29, 0.717) is 18.8 Å². The van der Waals surface area contributed by atoms with Crippen LogP contribution < -0.4 is 10.6 Å². The van der Waals surface area contributed by atoms with Crippen molar-refractivity contribution in [3.8, 4) is 0 Å². The molecule has 0 heterocycles. The van der Waals surface area contributed by atoms with Gasteiger partial charge in [-0.1, -0.05) is 40.5 Å². The van der Waals surface area contributed by atoms with Gasteiger partial charge in [0.05, 0.1) is 0 Å². The number of carboxylic acids is 1. The monoisotopic (exact) mass is 272 g/mol. The zero-order chi connectivity index (χ0) is 15.1. The summed E-state index contributed by atoms with van der Waals surface area (Å²) in [6.07, 6.45) is 2.71. The highest BCUT2D eigenvalue weighted by atomic mass is 16.4. The molecule has 19 heavy (non-hydrogen) atoms. The zero-order valence-electron chi connectivity index (χ0n) is 12.7. The molecule has 0 radical (unpaired) electrons. The van der Waals surface area contributed by atoms with Gasteiger partial charge in [0.2, 0.25) is 0 Å². The van der Waals surface area contributed by atoms with E-state index in [1.807, 2.05) is 6.92 Å². The second-order valence-corrected chi connectivity index (χ2v) is 5.06. The first kappa shape index (κ1) is 17.7. The van der Waals surface area contributed by atoms with Gasteiger partial charge in [-0.05, 0) is 25.7 Å². The molecule has 0 aromatic heterocycles. The third kappa shape index (κ3) is 4.73. The van der Waals surface area contributed by atoms with Crippen LogP contribution in [0, 0.1) is 5.92 Å². The minimum atomic E-state index is -1.17. The fourth-order valence-electron chi connectivity index (χ4n) is 2.36. The van der Waals surface area contributed by atoms with Gasteiger partial charge in [-0.25, -0.2) is 9.59 Å². The third-order valence-corrected chi connectivity index (χ3v) is 4.08.